The molecular formula is C22H28N4O2. The first-order valence-electron chi connectivity index (χ1n) is 10.2. The fraction of sp³-hybridized carbons (Fsp3) is 0.500. The third-order valence-corrected chi connectivity index (χ3v) is 6.27. The summed E-state index contributed by atoms with van der Waals surface area (Å²) in [6.07, 6.45) is 6.70. The first-order valence-corrected chi connectivity index (χ1v) is 10.2. The summed E-state index contributed by atoms with van der Waals surface area (Å²) in [4.78, 5) is 29.6. The Morgan fingerprint density at radius 1 is 1.18 bits per heavy atom. The van der Waals surface area contributed by atoms with Crippen molar-refractivity contribution < 1.29 is 9.59 Å². The van der Waals surface area contributed by atoms with Gasteiger partial charge < -0.3 is 9.80 Å². The van der Waals surface area contributed by atoms with Gasteiger partial charge in [0.25, 0.3) is 0 Å². The highest BCUT2D eigenvalue weighted by Crippen LogP contribution is 2.41. The monoisotopic (exact) mass is 380 g/mol. The van der Waals surface area contributed by atoms with Gasteiger partial charge in [0.1, 0.15) is 6.04 Å². The Morgan fingerprint density at radius 3 is 2.57 bits per heavy atom. The van der Waals surface area contributed by atoms with Crippen molar-refractivity contribution in [1.29, 1.82) is 0 Å². The lowest BCUT2D eigenvalue weighted by Crippen LogP contribution is -2.46. The molecule has 6 nitrogen and oxygen atoms in total. The van der Waals surface area contributed by atoms with Crippen molar-refractivity contribution in [1.82, 2.24) is 19.6 Å². The van der Waals surface area contributed by atoms with E-state index in [0.717, 1.165) is 38.9 Å². The fourth-order valence-corrected chi connectivity index (χ4v) is 4.62. The first kappa shape index (κ1) is 18.7. The molecule has 1 aromatic heterocycles. The quantitative estimate of drug-likeness (QED) is 0.801. The SMILES string of the molecule is CC[C@@H](C(=O)N1CCC2(CC1)CC(=O)N(Cc1ccccc1)C2)n1cccn1. The molecule has 2 aliphatic rings. The van der Waals surface area contributed by atoms with Gasteiger partial charge in [0.05, 0.1) is 0 Å². The minimum atomic E-state index is -0.233. The molecule has 6 heteroatoms. The number of hydrogen-bond acceptors (Lipinski definition) is 3. The Hall–Kier alpha value is -2.63. The number of carbonyl (C=O) groups excluding carboxylic acids is 2. The molecule has 2 fully saturated rings. The highest BCUT2D eigenvalue weighted by atomic mass is 16.2. The van der Waals surface area contributed by atoms with E-state index >= 15 is 0 Å². The second-order valence-corrected chi connectivity index (χ2v) is 8.15. The topological polar surface area (TPSA) is 58.4 Å². The summed E-state index contributed by atoms with van der Waals surface area (Å²) in [5, 5.41) is 4.25. The predicted molar refractivity (Wildman–Crippen MR) is 106 cm³/mol. The zero-order valence-electron chi connectivity index (χ0n) is 16.5. The number of amides is 2. The van der Waals surface area contributed by atoms with Crippen molar-refractivity contribution in [3.63, 3.8) is 0 Å². The second kappa shape index (κ2) is 7.78. The predicted octanol–water partition coefficient (Wildman–Crippen LogP) is 2.88. The van der Waals surface area contributed by atoms with Gasteiger partial charge in [-0.1, -0.05) is 37.3 Å². The third-order valence-electron chi connectivity index (χ3n) is 6.27. The van der Waals surface area contributed by atoms with Crippen LogP contribution >= 0.6 is 0 Å². The van der Waals surface area contributed by atoms with Crippen LogP contribution in [0.2, 0.25) is 0 Å². The molecule has 0 saturated carbocycles. The molecule has 2 amide bonds. The Bertz CT molecular complexity index is 810. The summed E-state index contributed by atoms with van der Waals surface area (Å²) in [7, 11) is 0. The number of likely N-dealkylation sites (tertiary alicyclic amines) is 2. The zero-order chi connectivity index (χ0) is 19.6. The minimum absolute atomic E-state index is 0.0239. The van der Waals surface area contributed by atoms with E-state index in [1.54, 1.807) is 10.9 Å². The molecule has 2 saturated heterocycles. The van der Waals surface area contributed by atoms with Gasteiger partial charge >= 0.3 is 0 Å². The van der Waals surface area contributed by atoms with Gasteiger partial charge in [0.2, 0.25) is 11.8 Å². The minimum Gasteiger partial charge on any atom is -0.341 e. The number of rotatable bonds is 5. The van der Waals surface area contributed by atoms with Gasteiger partial charge in [-0.2, -0.15) is 5.10 Å². The largest absolute Gasteiger partial charge is 0.341 e. The molecule has 2 aromatic rings. The van der Waals surface area contributed by atoms with E-state index in [-0.39, 0.29) is 23.3 Å². The molecule has 3 heterocycles. The summed E-state index contributed by atoms with van der Waals surface area (Å²) in [5.74, 6) is 0.387. The van der Waals surface area contributed by atoms with Crippen LogP contribution in [0.3, 0.4) is 0 Å². The summed E-state index contributed by atoms with van der Waals surface area (Å²) in [5.41, 5.74) is 1.20. The lowest BCUT2D eigenvalue weighted by molar-refractivity contribution is -0.137. The van der Waals surface area contributed by atoms with Crippen LogP contribution in [-0.4, -0.2) is 51.0 Å². The van der Waals surface area contributed by atoms with Crippen molar-refractivity contribution in [2.75, 3.05) is 19.6 Å². The molecule has 0 N–H and O–H groups in total. The van der Waals surface area contributed by atoms with Gasteiger partial charge in [0, 0.05) is 50.4 Å². The van der Waals surface area contributed by atoms with Gasteiger partial charge in [-0.25, -0.2) is 0 Å². The van der Waals surface area contributed by atoms with E-state index in [2.05, 4.69) is 17.2 Å². The Morgan fingerprint density at radius 2 is 1.93 bits per heavy atom. The summed E-state index contributed by atoms with van der Waals surface area (Å²) in [6, 6.07) is 11.8. The van der Waals surface area contributed by atoms with Crippen LogP contribution in [0, 0.1) is 5.41 Å². The molecule has 28 heavy (non-hydrogen) atoms. The average Bonchev–Trinajstić information content (AvgIpc) is 3.33. The highest BCUT2D eigenvalue weighted by Gasteiger charge is 2.45. The van der Waals surface area contributed by atoms with E-state index in [0.29, 0.717) is 13.0 Å². The van der Waals surface area contributed by atoms with Crippen LogP contribution in [0.5, 0.6) is 0 Å². The van der Waals surface area contributed by atoms with Crippen molar-refractivity contribution in [3.05, 3.63) is 54.4 Å². The summed E-state index contributed by atoms with van der Waals surface area (Å²) < 4.78 is 1.76. The molecule has 2 aliphatic heterocycles. The second-order valence-electron chi connectivity index (χ2n) is 8.15. The maximum Gasteiger partial charge on any atom is 0.247 e. The number of piperidine rings is 1. The standard InChI is InChI=1S/C22H28N4O2/c1-2-19(26-12-6-11-23-26)21(28)24-13-9-22(10-14-24)15-20(27)25(17-22)16-18-7-4-3-5-8-18/h3-8,11-12,19H,2,9-10,13-17H2,1H3/t19-/m0/s1. The summed E-state index contributed by atoms with van der Waals surface area (Å²) in [6.45, 7) is 4.96. The van der Waals surface area contributed by atoms with Gasteiger partial charge in [0.15, 0.2) is 0 Å². The van der Waals surface area contributed by atoms with Crippen LogP contribution < -0.4 is 0 Å². The molecule has 0 radical (unpaired) electrons. The maximum absolute atomic E-state index is 13.0. The van der Waals surface area contributed by atoms with Gasteiger partial charge in [-0.05, 0) is 30.9 Å². The molecule has 1 atom stereocenters. The number of hydrogen-bond donors (Lipinski definition) is 0. The molecular weight excluding hydrogens is 352 g/mol. The Balaban J connectivity index is 1.37. The van der Waals surface area contributed by atoms with Crippen molar-refractivity contribution in [2.45, 2.75) is 45.2 Å². The normalized spacial score (nSPS) is 20.0. The van der Waals surface area contributed by atoms with E-state index in [9.17, 15) is 9.59 Å². The van der Waals surface area contributed by atoms with E-state index < -0.39 is 0 Å². The van der Waals surface area contributed by atoms with Crippen LogP contribution in [0.4, 0.5) is 0 Å². The number of aromatic nitrogens is 2. The zero-order valence-corrected chi connectivity index (χ0v) is 16.5. The fourth-order valence-electron chi connectivity index (χ4n) is 4.62. The van der Waals surface area contributed by atoms with Gasteiger partial charge in [-0.15, -0.1) is 0 Å². The third kappa shape index (κ3) is 3.68. The highest BCUT2D eigenvalue weighted by molar-refractivity contribution is 5.81. The van der Waals surface area contributed by atoms with Crippen molar-refractivity contribution in [3.8, 4) is 0 Å². The molecule has 1 aromatic carbocycles. The average molecular weight is 380 g/mol. The van der Waals surface area contributed by atoms with Crippen molar-refractivity contribution >= 4 is 11.8 Å². The van der Waals surface area contributed by atoms with Crippen LogP contribution in [-0.2, 0) is 16.1 Å². The lowest BCUT2D eigenvalue weighted by atomic mass is 9.77. The van der Waals surface area contributed by atoms with Crippen molar-refractivity contribution in [2.24, 2.45) is 5.41 Å². The summed E-state index contributed by atoms with van der Waals surface area (Å²) >= 11 is 0. The van der Waals surface area contributed by atoms with E-state index in [1.807, 2.05) is 47.2 Å². The maximum atomic E-state index is 13.0. The Kier molecular flexibility index (Phi) is 5.20. The molecule has 0 bridgehead atoms. The number of benzene rings is 1. The van der Waals surface area contributed by atoms with Crippen LogP contribution in [0.15, 0.2) is 48.8 Å². The molecule has 1 spiro atoms. The molecule has 4 rings (SSSR count). The number of carbonyl (C=O) groups is 2. The molecule has 0 unspecified atom stereocenters. The van der Waals surface area contributed by atoms with E-state index in [1.165, 1.54) is 5.56 Å². The number of nitrogens with zero attached hydrogens (tertiary/aromatic N) is 4. The smallest absolute Gasteiger partial charge is 0.247 e. The first-order chi connectivity index (χ1) is 13.6. The van der Waals surface area contributed by atoms with Gasteiger partial charge in [-0.3, -0.25) is 14.3 Å². The van der Waals surface area contributed by atoms with Crippen LogP contribution in [0.1, 0.15) is 44.2 Å². The molecule has 0 aliphatic carbocycles. The molecule has 148 valence electrons. The van der Waals surface area contributed by atoms with E-state index in [4.69, 9.17) is 0 Å². The van der Waals surface area contributed by atoms with Crippen LogP contribution in [0.25, 0.3) is 0 Å². The lowest BCUT2D eigenvalue weighted by Gasteiger charge is -2.40. The Labute approximate surface area is 166 Å².